The first-order chi connectivity index (χ1) is 28.2. The predicted octanol–water partition coefficient (Wildman–Crippen LogP) is 15.0. The van der Waals surface area contributed by atoms with E-state index in [-0.39, 0.29) is 0 Å². The summed E-state index contributed by atoms with van der Waals surface area (Å²) < 4.78 is 12.8. The third-order valence-corrected chi connectivity index (χ3v) is 10.9. The third kappa shape index (κ3) is 5.83. The van der Waals surface area contributed by atoms with Crippen molar-refractivity contribution in [1.82, 2.24) is 4.98 Å². The average Bonchev–Trinajstić information content (AvgIpc) is 3.87. The molecule has 0 aliphatic carbocycles. The zero-order valence-electron chi connectivity index (χ0n) is 30.8. The van der Waals surface area contributed by atoms with Gasteiger partial charge in [-0.3, -0.25) is 0 Å². The summed E-state index contributed by atoms with van der Waals surface area (Å²) in [6, 6.07) is 72.5. The van der Waals surface area contributed by atoms with E-state index in [9.17, 15) is 0 Å². The Bertz CT molecular complexity index is 3220. The van der Waals surface area contributed by atoms with Gasteiger partial charge in [0.25, 0.3) is 0 Å². The third-order valence-electron chi connectivity index (χ3n) is 10.9. The summed E-state index contributed by atoms with van der Waals surface area (Å²) >= 11 is 0. The first kappa shape index (κ1) is 32.7. The molecule has 0 unspecified atom stereocenters. The van der Waals surface area contributed by atoms with Crippen molar-refractivity contribution in [3.63, 3.8) is 0 Å². The van der Waals surface area contributed by atoms with Gasteiger partial charge in [0.1, 0.15) is 16.7 Å². The predicted molar refractivity (Wildman–Crippen MR) is 235 cm³/mol. The summed E-state index contributed by atoms with van der Waals surface area (Å²) in [6.07, 6.45) is 0. The Hall–Kier alpha value is -7.69. The number of oxazole rings is 1. The van der Waals surface area contributed by atoms with E-state index < -0.39 is 0 Å². The standard InChI is InChI=1S/C53H34N2O2/c1-4-13-35(14-5-1)37-23-26-41(27-24-37)55(42-28-25-36-15-10-11-20-40(36)31-42)43-29-30-44(46(32-43)38-16-6-2-7-17-38)45-21-12-22-49-52(45)47-33-48-51(34-50(47)56-49)57-53(54-48)39-18-8-3-9-19-39/h1-34H. The minimum Gasteiger partial charge on any atom is -0.456 e. The first-order valence-electron chi connectivity index (χ1n) is 19.2. The molecule has 2 heterocycles. The fraction of sp³-hybridized carbons (Fsp3) is 0. The summed E-state index contributed by atoms with van der Waals surface area (Å²) in [4.78, 5) is 7.26. The molecule has 11 aromatic rings. The van der Waals surface area contributed by atoms with E-state index in [2.05, 4.69) is 169 Å². The largest absolute Gasteiger partial charge is 0.456 e. The number of hydrogen-bond acceptors (Lipinski definition) is 4. The van der Waals surface area contributed by atoms with Crippen LogP contribution in [0.5, 0.6) is 0 Å². The SMILES string of the molecule is c1ccc(-c2ccc(N(c3ccc(-c4cccc5oc6cc7oc(-c8ccccc8)nc7cc6c45)c(-c4ccccc4)c3)c3ccc4ccccc4c3)cc2)cc1. The zero-order chi connectivity index (χ0) is 37.7. The maximum Gasteiger partial charge on any atom is 0.227 e. The molecule has 0 aliphatic rings. The summed E-state index contributed by atoms with van der Waals surface area (Å²) in [6.45, 7) is 0. The fourth-order valence-electron chi connectivity index (χ4n) is 8.14. The Morgan fingerprint density at radius 2 is 0.982 bits per heavy atom. The first-order valence-corrected chi connectivity index (χ1v) is 19.2. The molecule has 0 radical (unpaired) electrons. The summed E-state index contributed by atoms with van der Waals surface area (Å²) in [5, 5.41) is 4.45. The summed E-state index contributed by atoms with van der Waals surface area (Å²) in [5.41, 5.74) is 14.1. The molecule has 0 fully saturated rings. The van der Waals surface area contributed by atoms with Gasteiger partial charge in [0, 0.05) is 39.5 Å². The van der Waals surface area contributed by atoms with Crippen LogP contribution in [0.25, 0.3) is 88.6 Å². The monoisotopic (exact) mass is 730 g/mol. The van der Waals surface area contributed by atoms with Crippen molar-refractivity contribution in [3.8, 4) is 44.8 Å². The van der Waals surface area contributed by atoms with Crippen molar-refractivity contribution >= 4 is 60.9 Å². The quantitative estimate of drug-likeness (QED) is 0.164. The van der Waals surface area contributed by atoms with Crippen molar-refractivity contribution in [3.05, 3.63) is 206 Å². The maximum absolute atomic E-state index is 6.54. The number of rotatable bonds is 7. The second-order valence-electron chi connectivity index (χ2n) is 14.4. The van der Waals surface area contributed by atoms with Gasteiger partial charge < -0.3 is 13.7 Å². The van der Waals surface area contributed by atoms with Gasteiger partial charge in [-0.1, -0.05) is 140 Å². The molecular weight excluding hydrogens is 697 g/mol. The molecule has 11 rings (SSSR count). The molecule has 4 nitrogen and oxygen atoms in total. The van der Waals surface area contributed by atoms with Gasteiger partial charge in [-0.05, 0) is 105 Å². The number of fused-ring (bicyclic) bond motifs is 5. The van der Waals surface area contributed by atoms with Crippen molar-refractivity contribution in [1.29, 1.82) is 0 Å². The topological polar surface area (TPSA) is 42.4 Å². The minimum atomic E-state index is 0.593. The molecule has 0 N–H and O–H groups in total. The van der Waals surface area contributed by atoms with E-state index in [4.69, 9.17) is 13.8 Å². The van der Waals surface area contributed by atoms with Crippen molar-refractivity contribution < 1.29 is 8.83 Å². The Morgan fingerprint density at radius 1 is 0.351 bits per heavy atom. The van der Waals surface area contributed by atoms with Crippen LogP contribution in [0.15, 0.2) is 215 Å². The smallest absolute Gasteiger partial charge is 0.227 e. The number of aromatic nitrogens is 1. The minimum absolute atomic E-state index is 0.593. The van der Waals surface area contributed by atoms with Gasteiger partial charge >= 0.3 is 0 Å². The number of nitrogens with zero attached hydrogens (tertiary/aromatic N) is 2. The van der Waals surface area contributed by atoms with Gasteiger partial charge in [0.05, 0.1) is 0 Å². The molecule has 2 aromatic heterocycles. The molecule has 0 atom stereocenters. The van der Waals surface area contributed by atoms with Crippen LogP contribution in [-0.2, 0) is 0 Å². The second-order valence-corrected chi connectivity index (χ2v) is 14.4. The van der Waals surface area contributed by atoms with Gasteiger partial charge in [-0.2, -0.15) is 0 Å². The zero-order valence-corrected chi connectivity index (χ0v) is 30.8. The van der Waals surface area contributed by atoms with Crippen LogP contribution >= 0.6 is 0 Å². The number of furan rings is 1. The van der Waals surface area contributed by atoms with Crippen molar-refractivity contribution in [2.24, 2.45) is 0 Å². The highest BCUT2D eigenvalue weighted by atomic mass is 16.4. The van der Waals surface area contributed by atoms with E-state index in [1.54, 1.807) is 0 Å². The van der Waals surface area contributed by atoms with Crippen LogP contribution in [0.4, 0.5) is 17.1 Å². The number of hydrogen-bond donors (Lipinski definition) is 0. The Labute approximate surface area is 329 Å². The molecule has 4 heteroatoms. The van der Waals surface area contributed by atoms with Gasteiger partial charge in [0.15, 0.2) is 5.58 Å². The van der Waals surface area contributed by atoms with Crippen LogP contribution in [0.1, 0.15) is 0 Å². The molecule has 9 aromatic carbocycles. The van der Waals surface area contributed by atoms with Crippen LogP contribution in [0.3, 0.4) is 0 Å². The molecule has 268 valence electrons. The second kappa shape index (κ2) is 13.6. The van der Waals surface area contributed by atoms with E-state index in [1.165, 1.54) is 21.9 Å². The van der Waals surface area contributed by atoms with Gasteiger partial charge in [0.2, 0.25) is 5.89 Å². The van der Waals surface area contributed by atoms with E-state index >= 15 is 0 Å². The Balaban J connectivity index is 1.10. The van der Waals surface area contributed by atoms with Gasteiger partial charge in [-0.15, -0.1) is 0 Å². The summed E-state index contributed by atoms with van der Waals surface area (Å²) in [7, 11) is 0. The molecule has 0 saturated carbocycles. The van der Waals surface area contributed by atoms with Crippen LogP contribution in [0, 0.1) is 0 Å². The fourth-order valence-corrected chi connectivity index (χ4v) is 8.14. The van der Waals surface area contributed by atoms with Gasteiger partial charge in [-0.25, -0.2) is 4.98 Å². The van der Waals surface area contributed by atoms with E-state index in [0.717, 1.165) is 72.3 Å². The Morgan fingerprint density at radius 3 is 1.75 bits per heavy atom. The molecule has 0 amide bonds. The lowest BCUT2D eigenvalue weighted by Crippen LogP contribution is -2.10. The van der Waals surface area contributed by atoms with Crippen molar-refractivity contribution in [2.45, 2.75) is 0 Å². The highest BCUT2D eigenvalue weighted by molar-refractivity contribution is 6.16. The molecule has 57 heavy (non-hydrogen) atoms. The lowest BCUT2D eigenvalue weighted by atomic mass is 9.91. The normalized spacial score (nSPS) is 11.5. The van der Waals surface area contributed by atoms with E-state index in [1.807, 2.05) is 42.5 Å². The molecule has 0 spiro atoms. The van der Waals surface area contributed by atoms with Crippen LogP contribution < -0.4 is 4.90 Å². The molecule has 0 aliphatic heterocycles. The number of anilines is 3. The molecule has 0 bridgehead atoms. The maximum atomic E-state index is 6.54. The summed E-state index contributed by atoms with van der Waals surface area (Å²) in [5.74, 6) is 0.593. The molecule has 0 saturated heterocycles. The van der Waals surface area contributed by atoms with Crippen LogP contribution in [0.2, 0.25) is 0 Å². The highest BCUT2D eigenvalue weighted by Gasteiger charge is 2.21. The molecular formula is C53H34N2O2. The Kier molecular flexibility index (Phi) is 7.78. The lowest BCUT2D eigenvalue weighted by Gasteiger charge is -2.27. The lowest BCUT2D eigenvalue weighted by molar-refractivity contribution is 0.617. The number of benzene rings is 9. The highest BCUT2D eigenvalue weighted by Crippen LogP contribution is 2.45. The van der Waals surface area contributed by atoms with E-state index in [0.29, 0.717) is 11.5 Å². The van der Waals surface area contributed by atoms with Crippen molar-refractivity contribution in [2.75, 3.05) is 4.90 Å². The van der Waals surface area contributed by atoms with Crippen LogP contribution in [-0.4, -0.2) is 4.98 Å². The average molecular weight is 731 g/mol.